The third-order valence-electron chi connectivity index (χ3n) is 3.60. The lowest BCUT2D eigenvalue weighted by Crippen LogP contribution is -2.49. The maximum Gasteiger partial charge on any atom is 0.299 e. The van der Waals surface area contributed by atoms with Crippen LogP contribution < -0.4 is 0 Å². The minimum absolute atomic E-state index is 0.0657. The Morgan fingerprint density at radius 1 is 0.636 bits per heavy atom. The number of amides is 4. The van der Waals surface area contributed by atoms with E-state index in [4.69, 9.17) is 0 Å². The molecule has 0 radical (unpaired) electrons. The monoisotopic (exact) mass is 293 g/mol. The third-order valence-corrected chi connectivity index (χ3v) is 3.60. The standard InChI is InChI=1S/C15H7N3O4/c19-12-8-4-1-2-5-9(8)13(20)17(12)18-14(21)10-6-3-7-16-11(10)15(18)22/h1-7H. The highest BCUT2D eigenvalue weighted by Gasteiger charge is 2.49. The van der Waals surface area contributed by atoms with Gasteiger partial charge in [0.2, 0.25) is 0 Å². The van der Waals surface area contributed by atoms with Crippen LogP contribution in [0.3, 0.4) is 0 Å². The Labute approximate surface area is 123 Å². The normalized spacial score (nSPS) is 16.4. The summed E-state index contributed by atoms with van der Waals surface area (Å²) in [5, 5.41) is 1.14. The van der Waals surface area contributed by atoms with Crippen LogP contribution in [0.1, 0.15) is 41.6 Å². The molecule has 22 heavy (non-hydrogen) atoms. The second-order valence-corrected chi connectivity index (χ2v) is 4.79. The summed E-state index contributed by atoms with van der Waals surface area (Å²) in [6, 6.07) is 9.11. The lowest BCUT2D eigenvalue weighted by molar-refractivity contribution is 0.00833. The molecule has 0 N–H and O–H groups in total. The maximum atomic E-state index is 12.4. The van der Waals surface area contributed by atoms with Gasteiger partial charge in [-0.2, -0.15) is 10.0 Å². The van der Waals surface area contributed by atoms with E-state index >= 15 is 0 Å². The molecule has 0 bridgehead atoms. The number of imide groups is 2. The van der Waals surface area contributed by atoms with E-state index in [1.807, 2.05) is 0 Å². The summed E-state index contributed by atoms with van der Waals surface area (Å²) in [4.78, 5) is 53.3. The first-order chi connectivity index (χ1) is 10.6. The summed E-state index contributed by atoms with van der Waals surface area (Å²) in [6.07, 6.45) is 1.37. The number of pyridine rings is 1. The van der Waals surface area contributed by atoms with Crippen molar-refractivity contribution < 1.29 is 19.2 Å². The number of hydrazine groups is 1. The van der Waals surface area contributed by atoms with E-state index in [0.29, 0.717) is 10.0 Å². The Morgan fingerprint density at radius 3 is 1.73 bits per heavy atom. The van der Waals surface area contributed by atoms with Gasteiger partial charge in [-0.25, -0.2) is 0 Å². The average Bonchev–Trinajstić information content (AvgIpc) is 2.94. The number of hydrogen-bond acceptors (Lipinski definition) is 5. The van der Waals surface area contributed by atoms with Crippen LogP contribution in [0.4, 0.5) is 0 Å². The number of benzene rings is 1. The molecule has 2 aliphatic heterocycles. The van der Waals surface area contributed by atoms with Crippen molar-refractivity contribution in [1.82, 2.24) is 15.0 Å². The molecular weight excluding hydrogens is 286 g/mol. The number of carbonyl (C=O) groups is 4. The second-order valence-electron chi connectivity index (χ2n) is 4.79. The van der Waals surface area contributed by atoms with Crippen LogP contribution in [0, 0.1) is 0 Å². The fraction of sp³-hybridized carbons (Fsp3) is 0. The van der Waals surface area contributed by atoms with Gasteiger partial charge in [0.1, 0.15) is 5.69 Å². The minimum atomic E-state index is -0.782. The molecule has 2 aliphatic rings. The van der Waals surface area contributed by atoms with Gasteiger partial charge in [0, 0.05) is 6.20 Å². The Bertz CT molecular complexity index is 746. The number of carbonyl (C=O) groups excluding carboxylic acids is 4. The summed E-state index contributed by atoms with van der Waals surface area (Å²) in [5.41, 5.74) is 0.335. The molecule has 0 atom stereocenters. The SMILES string of the molecule is O=C1c2ccccc2C(=O)N1N1C(=O)c2cccnc2C1=O. The summed E-state index contributed by atoms with van der Waals surface area (Å²) < 4.78 is 0. The van der Waals surface area contributed by atoms with Crippen molar-refractivity contribution in [3.05, 3.63) is 65.0 Å². The first-order valence-corrected chi connectivity index (χ1v) is 6.43. The van der Waals surface area contributed by atoms with Gasteiger partial charge in [-0.15, -0.1) is 0 Å². The molecule has 0 saturated heterocycles. The Balaban J connectivity index is 1.83. The number of fused-ring (bicyclic) bond motifs is 2. The van der Waals surface area contributed by atoms with Crippen LogP contribution in [0.25, 0.3) is 0 Å². The van der Waals surface area contributed by atoms with E-state index in [0.717, 1.165) is 0 Å². The third kappa shape index (κ3) is 1.37. The highest BCUT2D eigenvalue weighted by molar-refractivity contribution is 6.27. The lowest BCUT2D eigenvalue weighted by Gasteiger charge is -2.22. The van der Waals surface area contributed by atoms with Gasteiger partial charge in [0.15, 0.2) is 0 Å². The predicted octanol–water partition coefficient (Wildman–Crippen LogP) is 0.889. The van der Waals surface area contributed by atoms with Crippen LogP contribution in [0.15, 0.2) is 42.6 Å². The zero-order chi connectivity index (χ0) is 15.4. The minimum Gasteiger partial charge on any atom is -0.267 e. The molecule has 0 spiro atoms. The molecule has 4 amide bonds. The second kappa shape index (κ2) is 4.08. The molecule has 0 unspecified atom stereocenters. The van der Waals surface area contributed by atoms with Crippen molar-refractivity contribution in [2.45, 2.75) is 0 Å². The van der Waals surface area contributed by atoms with Crippen LogP contribution >= 0.6 is 0 Å². The quantitative estimate of drug-likeness (QED) is 0.729. The summed E-state index contributed by atoms with van der Waals surface area (Å²) in [6.45, 7) is 0. The van der Waals surface area contributed by atoms with Gasteiger partial charge in [0.25, 0.3) is 23.6 Å². The number of nitrogens with zero attached hydrogens (tertiary/aromatic N) is 3. The molecular formula is C15H7N3O4. The molecule has 0 saturated carbocycles. The molecule has 1 aromatic carbocycles. The first kappa shape index (κ1) is 12.4. The van der Waals surface area contributed by atoms with E-state index in [1.165, 1.54) is 30.5 Å². The molecule has 2 aromatic rings. The Morgan fingerprint density at radius 2 is 1.14 bits per heavy atom. The van der Waals surface area contributed by atoms with Gasteiger partial charge >= 0.3 is 0 Å². The molecule has 7 heteroatoms. The fourth-order valence-electron chi connectivity index (χ4n) is 2.59. The summed E-state index contributed by atoms with van der Waals surface area (Å²) in [7, 11) is 0. The first-order valence-electron chi connectivity index (χ1n) is 6.43. The maximum absolute atomic E-state index is 12.4. The Kier molecular flexibility index (Phi) is 2.30. The summed E-state index contributed by atoms with van der Waals surface area (Å²) in [5.74, 6) is -2.91. The largest absolute Gasteiger partial charge is 0.299 e. The van der Waals surface area contributed by atoms with Gasteiger partial charge in [0.05, 0.1) is 16.7 Å². The lowest BCUT2D eigenvalue weighted by atomic mass is 10.1. The highest BCUT2D eigenvalue weighted by Crippen LogP contribution is 2.29. The molecule has 4 rings (SSSR count). The molecule has 3 heterocycles. The van der Waals surface area contributed by atoms with Crippen LogP contribution in [-0.2, 0) is 0 Å². The molecule has 0 aliphatic carbocycles. The number of aromatic nitrogens is 1. The van der Waals surface area contributed by atoms with Crippen molar-refractivity contribution >= 4 is 23.6 Å². The van der Waals surface area contributed by atoms with Crippen LogP contribution in [0.2, 0.25) is 0 Å². The zero-order valence-corrected chi connectivity index (χ0v) is 11.0. The van der Waals surface area contributed by atoms with Gasteiger partial charge < -0.3 is 0 Å². The molecule has 1 aromatic heterocycles. The highest BCUT2D eigenvalue weighted by atomic mass is 16.2. The van der Waals surface area contributed by atoms with E-state index in [-0.39, 0.29) is 22.4 Å². The summed E-state index contributed by atoms with van der Waals surface area (Å²) >= 11 is 0. The fourth-order valence-corrected chi connectivity index (χ4v) is 2.59. The van der Waals surface area contributed by atoms with Crippen LogP contribution in [0.5, 0.6) is 0 Å². The van der Waals surface area contributed by atoms with E-state index in [2.05, 4.69) is 4.98 Å². The van der Waals surface area contributed by atoms with Crippen molar-refractivity contribution in [3.8, 4) is 0 Å². The van der Waals surface area contributed by atoms with Gasteiger partial charge in [-0.3, -0.25) is 24.2 Å². The number of hydrogen-bond donors (Lipinski definition) is 0. The Hall–Kier alpha value is -3.35. The topological polar surface area (TPSA) is 87.7 Å². The molecule has 0 fully saturated rings. The molecule has 106 valence electrons. The van der Waals surface area contributed by atoms with E-state index in [9.17, 15) is 19.2 Å². The number of rotatable bonds is 1. The van der Waals surface area contributed by atoms with E-state index < -0.39 is 23.6 Å². The van der Waals surface area contributed by atoms with Crippen molar-refractivity contribution in [2.24, 2.45) is 0 Å². The van der Waals surface area contributed by atoms with Gasteiger partial charge in [-0.1, -0.05) is 12.1 Å². The van der Waals surface area contributed by atoms with Crippen molar-refractivity contribution in [1.29, 1.82) is 0 Å². The average molecular weight is 293 g/mol. The van der Waals surface area contributed by atoms with Crippen molar-refractivity contribution in [3.63, 3.8) is 0 Å². The van der Waals surface area contributed by atoms with Crippen LogP contribution in [-0.4, -0.2) is 38.6 Å². The van der Waals surface area contributed by atoms with E-state index in [1.54, 1.807) is 12.1 Å². The molecule has 7 nitrogen and oxygen atoms in total. The predicted molar refractivity (Wildman–Crippen MR) is 71.7 cm³/mol. The van der Waals surface area contributed by atoms with Gasteiger partial charge in [-0.05, 0) is 24.3 Å². The smallest absolute Gasteiger partial charge is 0.267 e. The zero-order valence-electron chi connectivity index (χ0n) is 11.0. The van der Waals surface area contributed by atoms with Crippen molar-refractivity contribution in [2.75, 3.05) is 0 Å².